The van der Waals surface area contributed by atoms with Crippen molar-refractivity contribution in [3.63, 3.8) is 0 Å². The molecule has 0 unspecified atom stereocenters. The molecule has 4 rings (SSSR count). The van der Waals surface area contributed by atoms with Gasteiger partial charge >= 0.3 is 0 Å². The molecular weight excluding hydrogens is 246 g/mol. The molecule has 2 aromatic rings. The standard InChI is InChI=1S/C18H17NO/c1-19-16-11-15(12-7-3-2-4-8-12)17(19)13-9-5-6-10-14(13)18(16)20/h2-10,15-17H,11H2,1H3/t15-,16+,17+/m0/s1. The fraction of sp³-hybridized carbons (Fsp3) is 0.278. The van der Waals surface area contributed by atoms with E-state index in [9.17, 15) is 4.79 Å². The number of hydrogen-bond donors (Lipinski definition) is 0. The molecule has 0 aromatic heterocycles. The fourth-order valence-electron chi connectivity index (χ4n) is 3.92. The second-order valence-corrected chi connectivity index (χ2v) is 5.83. The SMILES string of the molecule is CN1[C@@H]2C[C@@H](c3ccccc3)[C@H]1c1ccccc1C2=O. The first kappa shape index (κ1) is 11.9. The van der Waals surface area contributed by atoms with Gasteiger partial charge in [-0.1, -0.05) is 54.6 Å². The smallest absolute Gasteiger partial charge is 0.180 e. The van der Waals surface area contributed by atoms with Crippen LogP contribution in [0.15, 0.2) is 54.6 Å². The molecule has 0 amide bonds. The van der Waals surface area contributed by atoms with Gasteiger partial charge in [-0.05, 0) is 24.6 Å². The van der Waals surface area contributed by atoms with E-state index < -0.39 is 0 Å². The minimum atomic E-state index is 0.0418. The lowest BCUT2D eigenvalue weighted by atomic mass is 9.86. The van der Waals surface area contributed by atoms with E-state index in [1.165, 1.54) is 11.1 Å². The molecule has 100 valence electrons. The molecule has 1 saturated heterocycles. The molecule has 0 saturated carbocycles. The van der Waals surface area contributed by atoms with Crippen LogP contribution in [0.3, 0.4) is 0 Å². The van der Waals surface area contributed by atoms with Gasteiger partial charge in [-0.3, -0.25) is 9.69 Å². The Morgan fingerprint density at radius 3 is 2.50 bits per heavy atom. The van der Waals surface area contributed by atoms with Gasteiger partial charge in [-0.25, -0.2) is 0 Å². The van der Waals surface area contributed by atoms with E-state index in [1.807, 2.05) is 24.3 Å². The van der Waals surface area contributed by atoms with Crippen molar-refractivity contribution in [3.05, 3.63) is 71.3 Å². The summed E-state index contributed by atoms with van der Waals surface area (Å²) >= 11 is 0. The number of rotatable bonds is 1. The molecule has 3 atom stereocenters. The van der Waals surface area contributed by atoms with E-state index in [0.717, 1.165) is 12.0 Å². The number of Topliss-reactive ketones (excluding diaryl/α,β-unsaturated/α-hetero) is 1. The summed E-state index contributed by atoms with van der Waals surface area (Å²) < 4.78 is 0. The van der Waals surface area contributed by atoms with Crippen molar-refractivity contribution < 1.29 is 4.79 Å². The average molecular weight is 263 g/mol. The Morgan fingerprint density at radius 2 is 1.70 bits per heavy atom. The van der Waals surface area contributed by atoms with Gasteiger partial charge in [0.1, 0.15) is 0 Å². The largest absolute Gasteiger partial charge is 0.292 e. The number of nitrogens with zero attached hydrogens (tertiary/aromatic N) is 1. The Kier molecular flexibility index (Phi) is 2.54. The lowest BCUT2D eigenvalue weighted by molar-refractivity contribution is 0.0836. The van der Waals surface area contributed by atoms with Crippen LogP contribution in [0, 0.1) is 0 Å². The van der Waals surface area contributed by atoms with Gasteiger partial charge in [0, 0.05) is 17.5 Å². The lowest BCUT2D eigenvalue weighted by Crippen LogP contribution is -2.39. The maximum absolute atomic E-state index is 12.6. The Morgan fingerprint density at radius 1 is 1.00 bits per heavy atom. The highest BCUT2D eigenvalue weighted by atomic mass is 16.1. The van der Waals surface area contributed by atoms with Crippen molar-refractivity contribution in [2.75, 3.05) is 7.05 Å². The van der Waals surface area contributed by atoms with E-state index in [4.69, 9.17) is 0 Å². The van der Waals surface area contributed by atoms with Crippen LogP contribution in [0.5, 0.6) is 0 Å². The topological polar surface area (TPSA) is 20.3 Å². The van der Waals surface area contributed by atoms with E-state index in [2.05, 4.69) is 42.3 Å². The van der Waals surface area contributed by atoms with E-state index in [1.54, 1.807) is 0 Å². The van der Waals surface area contributed by atoms with Crippen LogP contribution in [0.25, 0.3) is 0 Å². The van der Waals surface area contributed by atoms with Crippen molar-refractivity contribution in [1.29, 1.82) is 0 Å². The van der Waals surface area contributed by atoms with Gasteiger partial charge in [-0.15, -0.1) is 0 Å². The van der Waals surface area contributed by atoms with E-state index in [-0.39, 0.29) is 11.8 Å². The number of fused-ring (bicyclic) bond motifs is 4. The first-order valence-corrected chi connectivity index (χ1v) is 7.17. The predicted octanol–water partition coefficient (Wildman–Crippen LogP) is 3.41. The van der Waals surface area contributed by atoms with E-state index in [0.29, 0.717) is 12.0 Å². The number of hydrogen-bond acceptors (Lipinski definition) is 2. The molecule has 0 spiro atoms. The zero-order chi connectivity index (χ0) is 13.7. The molecule has 2 nitrogen and oxygen atoms in total. The van der Waals surface area contributed by atoms with Gasteiger partial charge in [0.25, 0.3) is 0 Å². The number of carbonyl (C=O) groups excluding carboxylic acids is 1. The summed E-state index contributed by atoms with van der Waals surface area (Å²) in [5.41, 5.74) is 3.47. The Bertz CT molecular complexity index is 664. The summed E-state index contributed by atoms with van der Waals surface area (Å²) in [6.45, 7) is 0. The third-order valence-electron chi connectivity index (χ3n) is 4.86. The minimum absolute atomic E-state index is 0.0418. The van der Waals surface area contributed by atoms with Crippen molar-refractivity contribution >= 4 is 5.78 Å². The van der Waals surface area contributed by atoms with Gasteiger partial charge < -0.3 is 0 Å². The van der Waals surface area contributed by atoms with Crippen LogP contribution in [-0.4, -0.2) is 23.8 Å². The van der Waals surface area contributed by atoms with Gasteiger partial charge in [0.2, 0.25) is 0 Å². The van der Waals surface area contributed by atoms with Gasteiger partial charge in [-0.2, -0.15) is 0 Å². The van der Waals surface area contributed by atoms with Crippen LogP contribution in [-0.2, 0) is 0 Å². The second-order valence-electron chi connectivity index (χ2n) is 5.83. The lowest BCUT2D eigenvalue weighted by Gasteiger charge is -2.33. The van der Waals surface area contributed by atoms with Crippen LogP contribution < -0.4 is 0 Å². The molecule has 2 aliphatic heterocycles. The second kappa shape index (κ2) is 4.29. The first-order chi connectivity index (χ1) is 9.77. The number of carbonyl (C=O) groups is 1. The molecule has 0 aliphatic carbocycles. The van der Waals surface area contributed by atoms with Crippen LogP contribution in [0.1, 0.15) is 39.9 Å². The summed E-state index contributed by atoms with van der Waals surface area (Å²) in [4.78, 5) is 14.9. The third-order valence-corrected chi connectivity index (χ3v) is 4.86. The Labute approximate surface area is 119 Å². The first-order valence-electron chi connectivity index (χ1n) is 7.17. The summed E-state index contributed by atoms with van der Waals surface area (Å²) in [6.07, 6.45) is 0.929. The minimum Gasteiger partial charge on any atom is -0.292 e. The molecule has 20 heavy (non-hydrogen) atoms. The molecule has 2 heteroatoms. The molecule has 2 bridgehead atoms. The third kappa shape index (κ3) is 1.52. The van der Waals surface area contributed by atoms with Crippen molar-refractivity contribution in [2.24, 2.45) is 0 Å². The molecule has 2 aromatic carbocycles. The fourth-order valence-corrected chi connectivity index (χ4v) is 3.92. The normalized spacial score (nSPS) is 28.4. The maximum Gasteiger partial charge on any atom is 0.180 e. The average Bonchev–Trinajstić information content (AvgIpc) is 2.77. The van der Waals surface area contributed by atoms with Crippen molar-refractivity contribution in [1.82, 2.24) is 4.90 Å². The Hall–Kier alpha value is -1.93. The molecule has 2 heterocycles. The molecule has 2 aliphatic rings. The van der Waals surface area contributed by atoms with Crippen LogP contribution in [0.2, 0.25) is 0 Å². The summed E-state index contributed by atoms with van der Waals surface area (Å²) in [7, 11) is 2.09. The van der Waals surface area contributed by atoms with E-state index >= 15 is 0 Å². The molecular formula is C18H17NO. The number of likely N-dealkylation sites (N-methyl/N-ethyl adjacent to an activating group) is 1. The quantitative estimate of drug-likeness (QED) is 0.786. The summed E-state index contributed by atoms with van der Waals surface area (Å²) in [5.74, 6) is 0.705. The number of benzene rings is 2. The zero-order valence-electron chi connectivity index (χ0n) is 11.5. The Balaban J connectivity index is 1.87. The molecule has 0 N–H and O–H groups in total. The van der Waals surface area contributed by atoms with Crippen molar-refractivity contribution in [2.45, 2.75) is 24.4 Å². The predicted molar refractivity (Wildman–Crippen MR) is 78.9 cm³/mol. The van der Waals surface area contributed by atoms with Gasteiger partial charge in [0.15, 0.2) is 5.78 Å². The highest BCUT2D eigenvalue weighted by Crippen LogP contribution is 2.50. The highest BCUT2D eigenvalue weighted by molar-refractivity contribution is 6.03. The van der Waals surface area contributed by atoms with Gasteiger partial charge in [0.05, 0.1) is 6.04 Å². The molecule has 1 fully saturated rings. The van der Waals surface area contributed by atoms with Crippen molar-refractivity contribution in [3.8, 4) is 0 Å². The van der Waals surface area contributed by atoms with Crippen LogP contribution >= 0.6 is 0 Å². The summed E-state index contributed by atoms with van der Waals surface area (Å²) in [5, 5.41) is 0. The molecule has 0 radical (unpaired) electrons. The highest BCUT2D eigenvalue weighted by Gasteiger charge is 2.48. The monoisotopic (exact) mass is 263 g/mol. The maximum atomic E-state index is 12.6. The summed E-state index contributed by atoms with van der Waals surface area (Å²) in [6, 6.07) is 19.1. The number of ketones is 1. The zero-order valence-corrected chi connectivity index (χ0v) is 11.5. The van der Waals surface area contributed by atoms with Crippen LogP contribution in [0.4, 0.5) is 0 Å².